The van der Waals surface area contributed by atoms with Gasteiger partial charge in [0.25, 0.3) is 0 Å². The number of sulfonamides is 1. The monoisotopic (exact) mass is 277 g/mol. The van der Waals surface area contributed by atoms with Crippen LogP contribution in [0.3, 0.4) is 0 Å². The Bertz CT molecular complexity index is 644. The zero-order chi connectivity index (χ0) is 13.9. The molecule has 0 spiro atoms. The first-order chi connectivity index (χ1) is 9.03. The van der Waals surface area contributed by atoms with Crippen LogP contribution >= 0.6 is 0 Å². The fraction of sp³-hybridized carbons (Fsp3) is 0.308. The van der Waals surface area contributed by atoms with Gasteiger partial charge in [0, 0.05) is 6.04 Å². The molecule has 5 nitrogen and oxygen atoms in total. The Morgan fingerprint density at radius 3 is 2.74 bits per heavy atom. The first-order valence-electron chi connectivity index (χ1n) is 6.00. The van der Waals surface area contributed by atoms with Crippen molar-refractivity contribution in [2.45, 2.75) is 30.2 Å². The summed E-state index contributed by atoms with van der Waals surface area (Å²) in [6, 6.07) is 6.02. The van der Waals surface area contributed by atoms with Crippen LogP contribution in [-0.2, 0) is 10.0 Å². The highest BCUT2D eigenvalue weighted by Gasteiger charge is 2.22. The van der Waals surface area contributed by atoms with Crippen LogP contribution in [0.5, 0.6) is 0 Å². The minimum Gasteiger partial charge on any atom is -0.398 e. The van der Waals surface area contributed by atoms with Gasteiger partial charge in [-0.1, -0.05) is 12.2 Å². The van der Waals surface area contributed by atoms with Crippen molar-refractivity contribution < 1.29 is 8.42 Å². The summed E-state index contributed by atoms with van der Waals surface area (Å²) in [5.41, 5.74) is 6.14. The fourth-order valence-electron chi connectivity index (χ4n) is 2.05. The highest BCUT2D eigenvalue weighted by atomic mass is 32.2. The number of rotatable bonds is 3. The highest BCUT2D eigenvalue weighted by Crippen LogP contribution is 2.21. The van der Waals surface area contributed by atoms with Gasteiger partial charge in [-0.25, -0.2) is 13.1 Å². The molecular weight excluding hydrogens is 262 g/mol. The number of benzene rings is 1. The van der Waals surface area contributed by atoms with E-state index in [1.807, 2.05) is 18.2 Å². The number of hydrogen-bond donors (Lipinski definition) is 2. The Morgan fingerprint density at radius 2 is 2.16 bits per heavy atom. The van der Waals surface area contributed by atoms with Crippen LogP contribution in [0, 0.1) is 11.3 Å². The Labute approximate surface area is 112 Å². The molecule has 0 bridgehead atoms. The molecule has 0 radical (unpaired) electrons. The van der Waals surface area contributed by atoms with Crippen LogP contribution in [0.25, 0.3) is 0 Å². The van der Waals surface area contributed by atoms with E-state index >= 15 is 0 Å². The number of hydrogen-bond acceptors (Lipinski definition) is 4. The van der Waals surface area contributed by atoms with Gasteiger partial charge in [0.05, 0.1) is 17.3 Å². The summed E-state index contributed by atoms with van der Waals surface area (Å²) in [7, 11) is -3.63. The lowest BCUT2D eigenvalue weighted by Crippen LogP contribution is -2.35. The fourth-order valence-corrected chi connectivity index (χ4v) is 3.44. The molecule has 6 heteroatoms. The van der Waals surface area contributed by atoms with Gasteiger partial charge < -0.3 is 5.73 Å². The predicted octanol–water partition coefficient (Wildman–Crippen LogP) is 1.53. The molecule has 0 amide bonds. The lowest BCUT2D eigenvalue weighted by atomic mass is 10.0. The average Bonchev–Trinajstić information content (AvgIpc) is 2.38. The van der Waals surface area contributed by atoms with Crippen molar-refractivity contribution in [3.05, 3.63) is 35.9 Å². The van der Waals surface area contributed by atoms with Gasteiger partial charge in [-0.2, -0.15) is 5.26 Å². The molecule has 0 aromatic heterocycles. The molecule has 2 rings (SSSR count). The molecule has 0 heterocycles. The van der Waals surface area contributed by atoms with Crippen molar-refractivity contribution in [2.75, 3.05) is 5.73 Å². The molecule has 0 aliphatic heterocycles. The summed E-state index contributed by atoms with van der Waals surface area (Å²) >= 11 is 0. The second-order valence-electron chi connectivity index (χ2n) is 4.47. The van der Waals surface area contributed by atoms with Gasteiger partial charge in [0.15, 0.2) is 0 Å². The Hall–Kier alpha value is -1.84. The second-order valence-corrected chi connectivity index (χ2v) is 6.15. The first kappa shape index (κ1) is 13.6. The largest absolute Gasteiger partial charge is 0.398 e. The molecule has 1 aromatic rings. The Kier molecular flexibility index (Phi) is 3.88. The van der Waals surface area contributed by atoms with Crippen molar-refractivity contribution in [2.24, 2.45) is 0 Å². The number of nitrogens with two attached hydrogens (primary N) is 1. The molecule has 1 aromatic carbocycles. The topological polar surface area (TPSA) is 96.0 Å². The Morgan fingerprint density at radius 1 is 1.37 bits per heavy atom. The lowest BCUT2D eigenvalue weighted by Gasteiger charge is -2.19. The second kappa shape index (κ2) is 5.43. The van der Waals surface area contributed by atoms with E-state index < -0.39 is 10.0 Å². The van der Waals surface area contributed by atoms with Gasteiger partial charge in [-0.15, -0.1) is 0 Å². The van der Waals surface area contributed by atoms with Crippen molar-refractivity contribution in [3.8, 4) is 6.07 Å². The molecule has 1 unspecified atom stereocenters. The third-order valence-electron chi connectivity index (χ3n) is 3.02. The van der Waals surface area contributed by atoms with E-state index in [1.165, 1.54) is 18.2 Å². The summed E-state index contributed by atoms with van der Waals surface area (Å²) in [6.07, 6.45) is 6.36. The number of nitriles is 1. The maximum atomic E-state index is 12.2. The molecule has 0 fully saturated rings. The van der Waals surface area contributed by atoms with E-state index in [9.17, 15) is 8.42 Å². The lowest BCUT2D eigenvalue weighted by molar-refractivity contribution is 0.522. The molecule has 0 saturated carbocycles. The van der Waals surface area contributed by atoms with Crippen molar-refractivity contribution in [1.29, 1.82) is 5.26 Å². The van der Waals surface area contributed by atoms with E-state index in [0.717, 1.165) is 12.8 Å². The zero-order valence-electron chi connectivity index (χ0n) is 10.3. The maximum absolute atomic E-state index is 12.2. The first-order valence-corrected chi connectivity index (χ1v) is 7.48. The van der Waals surface area contributed by atoms with E-state index in [-0.39, 0.29) is 16.6 Å². The number of anilines is 1. The summed E-state index contributed by atoms with van der Waals surface area (Å²) in [5, 5.41) is 8.74. The number of allylic oxidation sites excluding steroid dienone is 1. The van der Waals surface area contributed by atoms with Crippen LogP contribution in [0.2, 0.25) is 0 Å². The van der Waals surface area contributed by atoms with Crippen LogP contribution in [-0.4, -0.2) is 14.5 Å². The highest BCUT2D eigenvalue weighted by molar-refractivity contribution is 7.89. The zero-order valence-corrected chi connectivity index (χ0v) is 11.2. The van der Waals surface area contributed by atoms with Crippen LogP contribution in [0.4, 0.5) is 5.69 Å². The number of nitrogen functional groups attached to an aromatic ring is 1. The van der Waals surface area contributed by atoms with E-state index in [2.05, 4.69) is 4.72 Å². The van der Waals surface area contributed by atoms with Gasteiger partial charge in [0.1, 0.15) is 4.90 Å². The minimum absolute atomic E-state index is 0.0288. The van der Waals surface area contributed by atoms with Crippen LogP contribution in [0.15, 0.2) is 35.2 Å². The number of nitrogens with zero attached hydrogens (tertiary/aromatic N) is 1. The molecular formula is C13H15N3O2S. The van der Waals surface area contributed by atoms with E-state index in [0.29, 0.717) is 12.0 Å². The summed E-state index contributed by atoms with van der Waals surface area (Å²) in [5.74, 6) is 0. The maximum Gasteiger partial charge on any atom is 0.242 e. The molecule has 1 aliphatic carbocycles. The normalized spacial score (nSPS) is 19.0. The summed E-state index contributed by atoms with van der Waals surface area (Å²) < 4.78 is 27.1. The minimum atomic E-state index is -3.63. The van der Waals surface area contributed by atoms with Gasteiger partial charge in [-0.05, 0) is 37.5 Å². The molecule has 1 aliphatic rings. The van der Waals surface area contributed by atoms with E-state index in [1.54, 1.807) is 0 Å². The van der Waals surface area contributed by atoms with Crippen molar-refractivity contribution >= 4 is 15.7 Å². The molecule has 3 N–H and O–H groups in total. The summed E-state index contributed by atoms with van der Waals surface area (Å²) in [4.78, 5) is 0.0288. The smallest absolute Gasteiger partial charge is 0.242 e. The van der Waals surface area contributed by atoms with E-state index in [4.69, 9.17) is 11.0 Å². The number of nitrogens with one attached hydrogen (secondary N) is 1. The Balaban J connectivity index is 2.24. The van der Waals surface area contributed by atoms with Crippen LogP contribution < -0.4 is 10.5 Å². The third-order valence-corrected chi connectivity index (χ3v) is 4.61. The van der Waals surface area contributed by atoms with Gasteiger partial charge in [0.2, 0.25) is 10.0 Å². The van der Waals surface area contributed by atoms with Gasteiger partial charge in [-0.3, -0.25) is 0 Å². The van der Waals surface area contributed by atoms with Crippen molar-refractivity contribution in [3.63, 3.8) is 0 Å². The molecule has 0 saturated heterocycles. The van der Waals surface area contributed by atoms with Crippen molar-refractivity contribution in [1.82, 2.24) is 4.72 Å². The predicted molar refractivity (Wildman–Crippen MR) is 72.7 cm³/mol. The third kappa shape index (κ3) is 3.13. The average molecular weight is 277 g/mol. The quantitative estimate of drug-likeness (QED) is 0.647. The standard InChI is InChI=1S/C13H15N3O2S/c14-9-10-6-7-13(12(15)8-10)19(17,18)16-11-4-2-1-3-5-11/h1-2,6-8,11,16H,3-5,15H2. The van der Waals surface area contributed by atoms with Crippen LogP contribution in [0.1, 0.15) is 24.8 Å². The summed E-state index contributed by atoms with van der Waals surface area (Å²) in [6.45, 7) is 0. The SMILES string of the molecule is N#Cc1ccc(S(=O)(=O)NC2CC=CCC2)c(N)c1. The molecule has 100 valence electrons. The molecule has 19 heavy (non-hydrogen) atoms. The molecule has 1 atom stereocenters. The van der Waals surface area contributed by atoms with Gasteiger partial charge >= 0.3 is 0 Å².